The van der Waals surface area contributed by atoms with Crippen molar-refractivity contribution in [3.63, 3.8) is 0 Å². The summed E-state index contributed by atoms with van der Waals surface area (Å²) < 4.78 is 64.3. The lowest BCUT2D eigenvalue weighted by atomic mass is 10.1. The van der Waals surface area contributed by atoms with Gasteiger partial charge in [-0.3, -0.25) is 0 Å². The van der Waals surface area contributed by atoms with Gasteiger partial charge in [0.25, 0.3) is 0 Å². The van der Waals surface area contributed by atoms with Crippen LogP contribution in [0.15, 0.2) is 18.2 Å². The minimum atomic E-state index is -4.84. The summed E-state index contributed by atoms with van der Waals surface area (Å²) in [6, 6.07) is 1.23. The minimum absolute atomic E-state index is 0.304. The molecule has 0 unspecified atom stereocenters. The van der Waals surface area contributed by atoms with E-state index in [1.807, 2.05) is 0 Å². The molecule has 1 aromatic rings. The highest BCUT2D eigenvalue weighted by Crippen LogP contribution is 2.33. The van der Waals surface area contributed by atoms with E-state index in [2.05, 4.69) is 4.74 Å². The number of carboxylic acids is 1. The third-order valence-electron chi connectivity index (χ3n) is 1.71. The Morgan fingerprint density at radius 2 is 1.82 bits per heavy atom. The number of aromatic carboxylic acids is 1. The fourth-order valence-corrected chi connectivity index (χ4v) is 1.06. The lowest BCUT2D eigenvalue weighted by Crippen LogP contribution is -2.10. The molecule has 1 aromatic carbocycles. The molecule has 0 atom stereocenters. The van der Waals surface area contributed by atoms with Gasteiger partial charge in [0, 0.05) is 0 Å². The molecule has 1 N–H and O–H groups in total. The first-order chi connectivity index (χ1) is 7.70. The van der Waals surface area contributed by atoms with Crippen molar-refractivity contribution in [2.75, 3.05) is 0 Å². The summed E-state index contributed by atoms with van der Waals surface area (Å²) in [5, 5.41) is 8.52. The molecule has 8 heteroatoms. The van der Waals surface area contributed by atoms with E-state index in [-0.39, 0.29) is 0 Å². The molecule has 0 amide bonds. The second-order valence-electron chi connectivity index (χ2n) is 2.93. The monoisotopic (exact) mass is 256 g/mol. The Labute approximate surface area is 91.4 Å². The van der Waals surface area contributed by atoms with E-state index in [9.17, 15) is 26.7 Å². The second-order valence-corrected chi connectivity index (χ2v) is 2.93. The molecule has 94 valence electrons. The molecule has 0 saturated heterocycles. The van der Waals surface area contributed by atoms with Crippen LogP contribution in [0.2, 0.25) is 0 Å². The van der Waals surface area contributed by atoms with Gasteiger partial charge < -0.3 is 9.84 Å². The Morgan fingerprint density at radius 1 is 1.24 bits per heavy atom. The van der Waals surface area contributed by atoms with Crippen molar-refractivity contribution in [3.8, 4) is 5.75 Å². The second kappa shape index (κ2) is 4.56. The highest BCUT2D eigenvalue weighted by Gasteiger charge is 2.32. The number of hydrogen-bond donors (Lipinski definition) is 1. The summed E-state index contributed by atoms with van der Waals surface area (Å²) in [5.74, 6) is -2.53. The van der Waals surface area contributed by atoms with Crippen LogP contribution in [0, 0.1) is 0 Å². The topological polar surface area (TPSA) is 46.5 Å². The summed E-state index contributed by atoms with van der Waals surface area (Å²) in [4.78, 5) is 10.5. The number of halogens is 5. The minimum Gasteiger partial charge on any atom is -0.478 e. The SMILES string of the molecule is O=C(O)c1cc(OC(F)F)cc(C(F)(F)F)c1. The lowest BCUT2D eigenvalue weighted by molar-refractivity contribution is -0.138. The molecular weight excluding hydrogens is 251 g/mol. The molecule has 0 aliphatic heterocycles. The van der Waals surface area contributed by atoms with Gasteiger partial charge in [0.15, 0.2) is 0 Å². The normalized spacial score (nSPS) is 11.6. The fourth-order valence-electron chi connectivity index (χ4n) is 1.06. The van der Waals surface area contributed by atoms with Crippen molar-refractivity contribution in [2.45, 2.75) is 12.8 Å². The maximum atomic E-state index is 12.3. The Hall–Kier alpha value is -1.86. The highest BCUT2D eigenvalue weighted by atomic mass is 19.4. The van der Waals surface area contributed by atoms with Crippen LogP contribution < -0.4 is 4.74 Å². The zero-order valence-electron chi connectivity index (χ0n) is 7.96. The average Bonchev–Trinajstić information content (AvgIpc) is 2.14. The first kappa shape index (κ1) is 13.2. The van der Waals surface area contributed by atoms with E-state index >= 15 is 0 Å². The Balaban J connectivity index is 3.24. The van der Waals surface area contributed by atoms with Crippen LogP contribution in [0.4, 0.5) is 22.0 Å². The maximum absolute atomic E-state index is 12.3. The van der Waals surface area contributed by atoms with Crippen molar-refractivity contribution < 1.29 is 36.6 Å². The van der Waals surface area contributed by atoms with Gasteiger partial charge in [-0.05, 0) is 18.2 Å². The van der Waals surface area contributed by atoms with Gasteiger partial charge in [-0.2, -0.15) is 22.0 Å². The van der Waals surface area contributed by atoms with E-state index in [0.717, 1.165) is 0 Å². The molecule has 0 radical (unpaired) electrons. The molecular formula is C9H5F5O3. The summed E-state index contributed by atoms with van der Waals surface area (Å²) >= 11 is 0. The van der Waals surface area contributed by atoms with E-state index in [1.165, 1.54) is 0 Å². The Morgan fingerprint density at radius 3 is 2.24 bits per heavy atom. The van der Waals surface area contributed by atoms with Crippen LogP contribution in [-0.2, 0) is 6.18 Å². The van der Waals surface area contributed by atoms with Crippen molar-refractivity contribution in [1.29, 1.82) is 0 Å². The summed E-state index contributed by atoms with van der Waals surface area (Å²) in [7, 11) is 0. The third-order valence-corrected chi connectivity index (χ3v) is 1.71. The molecule has 0 spiro atoms. The van der Waals surface area contributed by atoms with Crippen LogP contribution in [0.5, 0.6) is 5.75 Å². The molecule has 0 bridgehead atoms. The van der Waals surface area contributed by atoms with Gasteiger partial charge >= 0.3 is 18.8 Å². The third kappa shape index (κ3) is 3.58. The Bertz CT molecular complexity index is 427. The van der Waals surface area contributed by atoms with Gasteiger partial charge in [0.2, 0.25) is 0 Å². The van der Waals surface area contributed by atoms with Gasteiger partial charge in [-0.15, -0.1) is 0 Å². The molecule has 3 nitrogen and oxygen atoms in total. The molecule has 0 heterocycles. The zero-order valence-corrected chi connectivity index (χ0v) is 7.96. The molecule has 0 aliphatic carbocycles. The van der Waals surface area contributed by atoms with Crippen molar-refractivity contribution >= 4 is 5.97 Å². The van der Waals surface area contributed by atoms with Crippen molar-refractivity contribution in [1.82, 2.24) is 0 Å². The van der Waals surface area contributed by atoms with E-state index in [0.29, 0.717) is 18.2 Å². The number of carbonyl (C=O) groups is 1. The predicted molar refractivity (Wildman–Crippen MR) is 45.0 cm³/mol. The smallest absolute Gasteiger partial charge is 0.416 e. The predicted octanol–water partition coefficient (Wildman–Crippen LogP) is 3.01. The molecule has 0 fully saturated rings. The van der Waals surface area contributed by atoms with Gasteiger partial charge in [-0.1, -0.05) is 0 Å². The largest absolute Gasteiger partial charge is 0.478 e. The number of hydrogen-bond acceptors (Lipinski definition) is 2. The molecule has 0 aromatic heterocycles. The van der Waals surface area contributed by atoms with Crippen LogP contribution >= 0.6 is 0 Å². The summed E-state index contributed by atoms with van der Waals surface area (Å²) in [6.45, 7) is -3.33. The lowest BCUT2D eigenvalue weighted by Gasteiger charge is -2.11. The number of ether oxygens (including phenoxy) is 1. The maximum Gasteiger partial charge on any atom is 0.416 e. The number of benzene rings is 1. The average molecular weight is 256 g/mol. The van der Waals surface area contributed by atoms with Crippen LogP contribution in [0.1, 0.15) is 15.9 Å². The Kier molecular flexibility index (Phi) is 3.54. The molecule has 0 saturated carbocycles. The summed E-state index contributed by atoms with van der Waals surface area (Å²) in [6.07, 6.45) is -4.84. The molecule has 0 aliphatic rings. The van der Waals surface area contributed by atoms with Crippen LogP contribution in [0.3, 0.4) is 0 Å². The van der Waals surface area contributed by atoms with Gasteiger partial charge in [0.1, 0.15) is 5.75 Å². The summed E-state index contributed by atoms with van der Waals surface area (Å²) in [5.41, 5.74) is -2.15. The quantitative estimate of drug-likeness (QED) is 0.845. The van der Waals surface area contributed by atoms with Crippen molar-refractivity contribution in [2.24, 2.45) is 0 Å². The van der Waals surface area contributed by atoms with E-state index in [1.54, 1.807) is 0 Å². The number of rotatable bonds is 3. The van der Waals surface area contributed by atoms with Gasteiger partial charge in [0.05, 0.1) is 11.1 Å². The van der Waals surface area contributed by atoms with E-state index < -0.39 is 35.6 Å². The number of alkyl halides is 5. The van der Waals surface area contributed by atoms with Crippen LogP contribution in [-0.4, -0.2) is 17.7 Å². The van der Waals surface area contributed by atoms with Crippen molar-refractivity contribution in [3.05, 3.63) is 29.3 Å². The molecule has 1 rings (SSSR count). The molecule has 17 heavy (non-hydrogen) atoms. The highest BCUT2D eigenvalue weighted by molar-refractivity contribution is 5.88. The number of carboxylic acid groups (broad SMARTS) is 1. The first-order valence-electron chi connectivity index (χ1n) is 4.10. The van der Waals surface area contributed by atoms with Gasteiger partial charge in [-0.25, -0.2) is 4.79 Å². The van der Waals surface area contributed by atoms with E-state index in [4.69, 9.17) is 5.11 Å². The standard InChI is InChI=1S/C9H5F5O3/c10-8(11)17-6-2-4(7(15)16)1-5(3-6)9(12,13)14/h1-3,8H,(H,15,16). The first-order valence-corrected chi connectivity index (χ1v) is 4.10. The van der Waals surface area contributed by atoms with Crippen LogP contribution in [0.25, 0.3) is 0 Å². The fraction of sp³-hybridized carbons (Fsp3) is 0.222. The zero-order chi connectivity index (χ0) is 13.2.